The zero-order chi connectivity index (χ0) is 15.3. The molecule has 0 aliphatic rings. The Bertz CT molecular complexity index is 455. The second-order valence-electron chi connectivity index (χ2n) is 6.04. The summed E-state index contributed by atoms with van der Waals surface area (Å²) in [6, 6.07) is 5.88. The van der Waals surface area contributed by atoms with Crippen molar-refractivity contribution < 1.29 is 4.79 Å². The molecule has 4 nitrogen and oxygen atoms in total. The third-order valence-electron chi connectivity index (χ3n) is 3.20. The third kappa shape index (κ3) is 5.21. The molecule has 112 valence electrons. The molecule has 0 heterocycles. The predicted molar refractivity (Wildman–Crippen MR) is 85.8 cm³/mol. The molecule has 4 heteroatoms. The van der Waals surface area contributed by atoms with E-state index >= 15 is 0 Å². The quantitative estimate of drug-likeness (QED) is 0.786. The molecule has 0 aromatic heterocycles. The molecule has 1 aromatic carbocycles. The minimum absolute atomic E-state index is 0.0206. The Morgan fingerprint density at radius 3 is 2.45 bits per heavy atom. The van der Waals surface area contributed by atoms with Crippen LogP contribution in [-0.2, 0) is 4.79 Å². The van der Waals surface area contributed by atoms with Crippen LogP contribution in [0.3, 0.4) is 0 Å². The maximum absolute atomic E-state index is 12.2. The van der Waals surface area contributed by atoms with Crippen molar-refractivity contribution in [2.75, 3.05) is 24.1 Å². The number of carbonyl (C=O) groups excluding carboxylic acids is 1. The molecule has 1 amide bonds. The van der Waals surface area contributed by atoms with E-state index < -0.39 is 0 Å². The van der Waals surface area contributed by atoms with Crippen LogP contribution in [0.4, 0.5) is 11.4 Å². The van der Waals surface area contributed by atoms with Crippen molar-refractivity contribution in [2.45, 2.75) is 40.7 Å². The Balaban J connectivity index is 2.65. The molecule has 20 heavy (non-hydrogen) atoms. The molecule has 0 fully saturated rings. The molecule has 3 N–H and O–H groups in total. The van der Waals surface area contributed by atoms with Crippen molar-refractivity contribution in [3.05, 3.63) is 23.8 Å². The van der Waals surface area contributed by atoms with Crippen LogP contribution in [0.25, 0.3) is 0 Å². The molecule has 0 unspecified atom stereocenters. The van der Waals surface area contributed by atoms with Gasteiger partial charge in [-0.15, -0.1) is 0 Å². The molecule has 1 aromatic rings. The molecule has 0 saturated carbocycles. The highest BCUT2D eigenvalue weighted by Crippen LogP contribution is 2.17. The Labute approximate surface area is 122 Å². The van der Waals surface area contributed by atoms with Crippen LogP contribution in [0.5, 0.6) is 0 Å². The summed E-state index contributed by atoms with van der Waals surface area (Å²) in [6.45, 7) is 11.8. The fourth-order valence-corrected chi connectivity index (χ4v) is 2.13. The molecule has 0 aliphatic heterocycles. The van der Waals surface area contributed by atoms with Crippen molar-refractivity contribution in [1.82, 2.24) is 4.90 Å². The van der Waals surface area contributed by atoms with Crippen molar-refractivity contribution in [2.24, 2.45) is 5.92 Å². The minimum atomic E-state index is 0.0206. The van der Waals surface area contributed by atoms with Gasteiger partial charge in [0.2, 0.25) is 5.91 Å². The molecule has 0 radical (unpaired) electrons. The summed E-state index contributed by atoms with van der Waals surface area (Å²) >= 11 is 0. The highest BCUT2D eigenvalue weighted by atomic mass is 16.2. The number of hydrogen-bond donors (Lipinski definition) is 2. The standard InChI is InChI=1S/C16H27N3O/c1-11(2)9-19(12(3)4)10-16(20)18-15-7-6-14(17)8-13(15)5/h6-8,11-12H,9-10,17H2,1-5H3,(H,18,20). The summed E-state index contributed by atoms with van der Waals surface area (Å²) in [5.74, 6) is 0.565. The Morgan fingerprint density at radius 1 is 1.30 bits per heavy atom. The lowest BCUT2D eigenvalue weighted by atomic mass is 10.1. The highest BCUT2D eigenvalue weighted by molar-refractivity contribution is 5.93. The molecule has 0 bridgehead atoms. The second kappa shape index (κ2) is 7.29. The fourth-order valence-electron chi connectivity index (χ4n) is 2.13. The van der Waals surface area contributed by atoms with E-state index in [1.807, 2.05) is 19.1 Å². The highest BCUT2D eigenvalue weighted by Gasteiger charge is 2.15. The molecule has 0 saturated heterocycles. The van der Waals surface area contributed by atoms with Gasteiger partial charge in [-0.1, -0.05) is 13.8 Å². The number of nitrogens with zero attached hydrogens (tertiary/aromatic N) is 1. The maximum atomic E-state index is 12.2. The Hall–Kier alpha value is -1.55. The first kappa shape index (κ1) is 16.5. The Morgan fingerprint density at radius 2 is 1.95 bits per heavy atom. The van der Waals surface area contributed by atoms with Gasteiger partial charge in [-0.2, -0.15) is 0 Å². The number of carbonyl (C=O) groups is 1. The zero-order valence-corrected chi connectivity index (χ0v) is 13.2. The van der Waals surface area contributed by atoms with E-state index in [2.05, 4.69) is 37.9 Å². The number of rotatable bonds is 6. The lowest BCUT2D eigenvalue weighted by Crippen LogP contribution is -2.40. The van der Waals surface area contributed by atoms with Crippen molar-refractivity contribution in [3.63, 3.8) is 0 Å². The van der Waals surface area contributed by atoms with Crippen LogP contribution < -0.4 is 11.1 Å². The third-order valence-corrected chi connectivity index (χ3v) is 3.20. The van der Waals surface area contributed by atoms with Gasteiger partial charge in [-0.3, -0.25) is 9.69 Å². The van der Waals surface area contributed by atoms with Gasteiger partial charge in [0.15, 0.2) is 0 Å². The van der Waals surface area contributed by atoms with E-state index in [0.29, 0.717) is 24.2 Å². The topological polar surface area (TPSA) is 58.4 Å². The number of aryl methyl sites for hydroxylation is 1. The second-order valence-corrected chi connectivity index (χ2v) is 6.04. The summed E-state index contributed by atoms with van der Waals surface area (Å²) in [5, 5.41) is 2.96. The van der Waals surface area contributed by atoms with E-state index in [4.69, 9.17) is 5.73 Å². The lowest BCUT2D eigenvalue weighted by molar-refractivity contribution is -0.117. The van der Waals surface area contributed by atoms with Crippen molar-refractivity contribution >= 4 is 17.3 Å². The van der Waals surface area contributed by atoms with Gasteiger partial charge in [0.05, 0.1) is 6.54 Å². The van der Waals surface area contributed by atoms with E-state index in [1.165, 1.54) is 0 Å². The van der Waals surface area contributed by atoms with Gasteiger partial charge in [-0.25, -0.2) is 0 Å². The molecular weight excluding hydrogens is 250 g/mol. The summed E-state index contributed by atoms with van der Waals surface area (Å²) < 4.78 is 0. The lowest BCUT2D eigenvalue weighted by Gasteiger charge is -2.27. The number of nitrogens with two attached hydrogens (primary N) is 1. The minimum Gasteiger partial charge on any atom is -0.399 e. The first-order valence-electron chi connectivity index (χ1n) is 7.19. The number of hydrogen-bond acceptors (Lipinski definition) is 3. The SMILES string of the molecule is Cc1cc(N)ccc1NC(=O)CN(CC(C)C)C(C)C. The van der Waals surface area contributed by atoms with Gasteiger partial charge in [0, 0.05) is 24.0 Å². The van der Waals surface area contributed by atoms with E-state index in [0.717, 1.165) is 17.8 Å². The van der Waals surface area contributed by atoms with E-state index in [9.17, 15) is 4.79 Å². The van der Waals surface area contributed by atoms with Crippen LogP contribution in [0.2, 0.25) is 0 Å². The summed E-state index contributed by atoms with van der Waals surface area (Å²) in [5.41, 5.74) is 8.24. The summed E-state index contributed by atoms with van der Waals surface area (Å²) in [4.78, 5) is 14.3. The molecular formula is C16H27N3O. The molecule has 1 rings (SSSR count). The smallest absolute Gasteiger partial charge is 0.238 e. The van der Waals surface area contributed by atoms with Crippen LogP contribution in [0.15, 0.2) is 18.2 Å². The van der Waals surface area contributed by atoms with E-state index in [-0.39, 0.29) is 5.91 Å². The fraction of sp³-hybridized carbons (Fsp3) is 0.562. The maximum Gasteiger partial charge on any atom is 0.238 e. The largest absolute Gasteiger partial charge is 0.399 e. The number of anilines is 2. The summed E-state index contributed by atoms with van der Waals surface area (Å²) in [7, 11) is 0. The van der Waals surface area contributed by atoms with Crippen LogP contribution in [-0.4, -0.2) is 29.9 Å². The van der Waals surface area contributed by atoms with Gasteiger partial charge >= 0.3 is 0 Å². The predicted octanol–water partition coefficient (Wildman–Crippen LogP) is 2.88. The number of nitrogen functional groups attached to an aromatic ring is 1. The zero-order valence-electron chi connectivity index (χ0n) is 13.2. The van der Waals surface area contributed by atoms with Gasteiger partial charge < -0.3 is 11.1 Å². The number of nitrogens with one attached hydrogen (secondary N) is 1. The van der Waals surface area contributed by atoms with Crippen molar-refractivity contribution in [1.29, 1.82) is 0 Å². The number of benzene rings is 1. The number of amides is 1. The Kier molecular flexibility index (Phi) is 6.02. The molecule has 0 aliphatic carbocycles. The first-order chi connectivity index (χ1) is 9.29. The monoisotopic (exact) mass is 277 g/mol. The average molecular weight is 277 g/mol. The van der Waals surface area contributed by atoms with Crippen LogP contribution in [0, 0.1) is 12.8 Å². The average Bonchev–Trinajstić information content (AvgIpc) is 2.31. The van der Waals surface area contributed by atoms with E-state index in [1.54, 1.807) is 6.07 Å². The van der Waals surface area contributed by atoms with Crippen molar-refractivity contribution in [3.8, 4) is 0 Å². The van der Waals surface area contributed by atoms with Gasteiger partial charge in [0.25, 0.3) is 0 Å². The summed E-state index contributed by atoms with van der Waals surface area (Å²) in [6.07, 6.45) is 0. The van der Waals surface area contributed by atoms with Crippen LogP contribution >= 0.6 is 0 Å². The first-order valence-corrected chi connectivity index (χ1v) is 7.19. The molecule has 0 spiro atoms. The van der Waals surface area contributed by atoms with Gasteiger partial charge in [-0.05, 0) is 50.5 Å². The molecule has 0 atom stereocenters. The van der Waals surface area contributed by atoms with Gasteiger partial charge in [0.1, 0.15) is 0 Å². The van der Waals surface area contributed by atoms with Crippen LogP contribution in [0.1, 0.15) is 33.3 Å². The normalized spacial score (nSPS) is 11.4.